The first-order chi connectivity index (χ1) is 10.8. The van der Waals surface area contributed by atoms with Gasteiger partial charge in [-0.1, -0.05) is 20.3 Å². The first-order valence-electron chi connectivity index (χ1n) is 7.13. The van der Waals surface area contributed by atoms with Crippen LogP contribution < -0.4 is 4.74 Å². The Morgan fingerprint density at radius 2 is 2.18 bits per heavy atom. The Kier molecular flexibility index (Phi) is 4.14. The lowest BCUT2D eigenvalue weighted by molar-refractivity contribution is 0.416. The maximum absolute atomic E-state index is 5.20. The second kappa shape index (κ2) is 6.22. The number of fused-ring (bicyclic) bond motifs is 1. The molecule has 3 heterocycles. The Labute approximate surface area is 131 Å². The van der Waals surface area contributed by atoms with Crippen LogP contribution in [0.2, 0.25) is 0 Å². The van der Waals surface area contributed by atoms with Crippen molar-refractivity contribution in [3.8, 4) is 5.75 Å². The van der Waals surface area contributed by atoms with Crippen LogP contribution in [-0.2, 0) is 12.8 Å². The molecule has 3 aromatic rings. The van der Waals surface area contributed by atoms with E-state index in [4.69, 9.17) is 4.74 Å². The standard InChI is InChI=1S/C13H17N7OS/c1-4-6-8-11(12-17-15-10(5-2)20(12)19-8)16-18-13-9(21-3)7-14-22-13/h7,19H,4-6H2,1-3H3. The average Bonchev–Trinajstić information content (AvgIpc) is 3.20. The Morgan fingerprint density at radius 1 is 1.32 bits per heavy atom. The Morgan fingerprint density at radius 3 is 2.91 bits per heavy atom. The van der Waals surface area contributed by atoms with Crippen LogP contribution >= 0.6 is 11.5 Å². The molecule has 8 nitrogen and oxygen atoms in total. The van der Waals surface area contributed by atoms with Crippen LogP contribution in [0.1, 0.15) is 31.8 Å². The molecule has 116 valence electrons. The molecule has 0 fully saturated rings. The van der Waals surface area contributed by atoms with E-state index in [0.29, 0.717) is 16.4 Å². The molecule has 3 aromatic heterocycles. The van der Waals surface area contributed by atoms with E-state index >= 15 is 0 Å². The van der Waals surface area contributed by atoms with Gasteiger partial charge in [0.2, 0.25) is 10.6 Å². The number of nitrogens with one attached hydrogen (secondary N) is 1. The highest BCUT2D eigenvalue weighted by Gasteiger charge is 2.16. The summed E-state index contributed by atoms with van der Waals surface area (Å²) >= 11 is 1.24. The summed E-state index contributed by atoms with van der Waals surface area (Å²) < 4.78 is 11.1. The van der Waals surface area contributed by atoms with Crippen molar-refractivity contribution in [2.75, 3.05) is 7.11 Å². The third-order valence-corrected chi connectivity index (χ3v) is 3.94. The second-order valence-corrected chi connectivity index (χ2v) is 5.50. The van der Waals surface area contributed by atoms with E-state index in [2.05, 4.69) is 36.8 Å². The summed E-state index contributed by atoms with van der Waals surface area (Å²) in [6.07, 6.45) is 4.31. The third kappa shape index (κ3) is 2.47. The molecule has 0 bridgehead atoms. The summed E-state index contributed by atoms with van der Waals surface area (Å²) in [6.45, 7) is 4.16. The molecule has 0 amide bonds. The highest BCUT2D eigenvalue weighted by Crippen LogP contribution is 2.34. The van der Waals surface area contributed by atoms with E-state index in [1.165, 1.54) is 11.5 Å². The largest absolute Gasteiger partial charge is 0.492 e. The van der Waals surface area contributed by atoms with Gasteiger partial charge in [-0.3, -0.25) is 5.10 Å². The molecule has 0 aliphatic heterocycles. The van der Waals surface area contributed by atoms with Gasteiger partial charge in [-0.2, -0.15) is 4.37 Å². The van der Waals surface area contributed by atoms with Crippen LogP contribution in [0.3, 0.4) is 0 Å². The molecule has 0 radical (unpaired) electrons. The summed E-state index contributed by atoms with van der Waals surface area (Å²) in [6, 6.07) is 0. The summed E-state index contributed by atoms with van der Waals surface area (Å²) in [5.41, 5.74) is 2.44. The van der Waals surface area contributed by atoms with Gasteiger partial charge in [0.15, 0.2) is 17.3 Å². The average molecular weight is 319 g/mol. The van der Waals surface area contributed by atoms with Gasteiger partial charge in [0.05, 0.1) is 19.0 Å². The van der Waals surface area contributed by atoms with Crippen molar-refractivity contribution < 1.29 is 4.74 Å². The van der Waals surface area contributed by atoms with Gasteiger partial charge >= 0.3 is 0 Å². The molecule has 1 N–H and O–H groups in total. The van der Waals surface area contributed by atoms with Gasteiger partial charge in [0.25, 0.3) is 0 Å². The second-order valence-electron chi connectivity index (χ2n) is 4.72. The molecule has 0 aliphatic carbocycles. The summed E-state index contributed by atoms with van der Waals surface area (Å²) in [5, 5.41) is 21.0. The fourth-order valence-corrected chi connectivity index (χ4v) is 2.75. The van der Waals surface area contributed by atoms with Crippen molar-refractivity contribution >= 4 is 27.9 Å². The molecule has 0 aliphatic rings. The lowest BCUT2D eigenvalue weighted by atomic mass is 10.2. The summed E-state index contributed by atoms with van der Waals surface area (Å²) in [7, 11) is 1.59. The monoisotopic (exact) mass is 319 g/mol. The van der Waals surface area contributed by atoms with Gasteiger partial charge in [-0.25, -0.2) is 4.52 Å². The van der Waals surface area contributed by atoms with Crippen molar-refractivity contribution in [3.05, 3.63) is 17.7 Å². The number of hydrogen-bond donors (Lipinski definition) is 1. The predicted octanol–water partition coefficient (Wildman–Crippen LogP) is 3.45. The molecule has 9 heteroatoms. The summed E-state index contributed by atoms with van der Waals surface area (Å²) in [4.78, 5) is 0. The molecular weight excluding hydrogens is 302 g/mol. The lowest BCUT2D eigenvalue weighted by Crippen LogP contribution is -1.94. The number of azo groups is 1. The van der Waals surface area contributed by atoms with Crippen molar-refractivity contribution in [2.45, 2.75) is 33.1 Å². The number of methoxy groups -OCH3 is 1. The van der Waals surface area contributed by atoms with Crippen molar-refractivity contribution in [2.24, 2.45) is 10.2 Å². The molecule has 0 saturated heterocycles. The van der Waals surface area contributed by atoms with E-state index in [1.54, 1.807) is 13.3 Å². The minimum atomic E-state index is 0.619. The Hall–Kier alpha value is -2.29. The maximum Gasteiger partial charge on any atom is 0.205 e. The zero-order chi connectivity index (χ0) is 15.5. The van der Waals surface area contributed by atoms with E-state index in [-0.39, 0.29) is 0 Å². The number of aryl methyl sites for hydroxylation is 2. The minimum absolute atomic E-state index is 0.619. The number of hydrogen-bond acceptors (Lipinski definition) is 7. The van der Waals surface area contributed by atoms with E-state index < -0.39 is 0 Å². The molecule has 0 atom stereocenters. The number of aromatic amines is 1. The van der Waals surface area contributed by atoms with Crippen LogP contribution in [0, 0.1) is 0 Å². The number of ether oxygens (including phenoxy) is 1. The number of rotatable bonds is 6. The molecule has 22 heavy (non-hydrogen) atoms. The fraction of sp³-hybridized carbons (Fsp3) is 0.462. The quantitative estimate of drug-likeness (QED) is 0.704. The van der Waals surface area contributed by atoms with Crippen LogP contribution in [0.5, 0.6) is 5.75 Å². The molecule has 0 unspecified atom stereocenters. The van der Waals surface area contributed by atoms with Crippen LogP contribution in [-0.4, -0.2) is 31.3 Å². The lowest BCUT2D eigenvalue weighted by Gasteiger charge is -1.96. The maximum atomic E-state index is 5.20. The third-order valence-electron chi connectivity index (χ3n) is 3.27. The van der Waals surface area contributed by atoms with E-state index in [9.17, 15) is 0 Å². The van der Waals surface area contributed by atoms with E-state index in [1.807, 2.05) is 11.4 Å². The smallest absolute Gasteiger partial charge is 0.205 e. The van der Waals surface area contributed by atoms with Gasteiger partial charge < -0.3 is 4.74 Å². The minimum Gasteiger partial charge on any atom is -0.492 e. The van der Waals surface area contributed by atoms with Crippen molar-refractivity contribution in [1.82, 2.24) is 24.2 Å². The zero-order valence-corrected chi connectivity index (χ0v) is 13.5. The Balaban J connectivity index is 2.04. The van der Waals surface area contributed by atoms with Crippen molar-refractivity contribution in [1.29, 1.82) is 0 Å². The summed E-state index contributed by atoms with van der Waals surface area (Å²) in [5.74, 6) is 1.50. The van der Waals surface area contributed by atoms with Gasteiger partial charge in [-0.15, -0.1) is 20.4 Å². The van der Waals surface area contributed by atoms with E-state index in [0.717, 1.165) is 36.5 Å². The number of nitrogens with zero attached hydrogens (tertiary/aromatic N) is 6. The topological polar surface area (TPSA) is 92.8 Å². The number of H-pyrrole nitrogens is 1. The fourth-order valence-electron chi connectivity index (χ4n) is 2.20. The highest BCUT2D eigenvalue weighted by molar-refractivity contribution is 7.10. The van der Waals surface area contributed by atoms with Gasteiger partial charge in [0, 0.05) is 6.42 Å². The van der Waals surface area contributed by atoms with Crippen LogP contribution in [0.15, 0.2) is 16.4 Å². The molecule has 0 saturated carbocycles. The van der Waals surface area contributed by atoms with Crippen LogP contribution in [0.4, 0.5) is 10.7 Å². The molecular formula is C13H17N7OS. The SMILES string of the molecule is CCCc1[nH]n2c(CC)nnc2c1N=Nc1sncc1OC. The number of aromatic nitrogens is 5. The first-order valence-corrected chi connectivity index (χ1v) is 7.91. The predicted molar refractivity (Wildman–Crippen MR) is 83.6 cm³/mol. The normalized spacial score (nSPS) is 11.8. The molecule has 0 spiro atoms. The van der Waals surface area contributed by atoms with Crippen LogP contribution in [0.25, 0.3) is 5.65 Å². The highest BCUT2D eigenvalue weighted by atomic mass is 32.1. The van der Waals surface area contributed by atoms with Gasteiger partial charge in [0.1, 0.15) is 0 Å². The zero-order valence-electron chi connectivity index (χ0n) is 12.7. The molecule has 3 rings (SSSR count). The van der Waals surface area contributed by atoms with Crippen molar-refractivity contribution in [3.63, 3.8) is 0 Å². The molecule has 0 aromatic carbocycles. The van der Waals surface area contributed by atoms with Gasteiger partial charge in [-0.05, 0) is 18.0 Å². The first kappa shape index (κ1) is 14.6. The Bertz CT molecular complexity index is 801.